The molecule has 4 heteroatoms. The smallest absolute Gasteiger partial charge is 0.0897 e. The largest absolute Gasteiger partial charge is 0.389 e. The van der Waals surface area contributed by atoms with Crippen LogP contribution in [0.3, 0.4) is 0 Å². The minimum atomic E-state index is -0.402. The molecule has 2 aliphatic rings. The van der Waals surface area contributed by atoms with Gasteiger partial charge in [-0.05, 0) is 43.4 Å². The summed E-state index contributed by atoms with van der Waals surface area (Å²) in [5.74, 6) is 0.976. The van der Waals surface area contributed by atoms with Crippen LogP contribution in [0.15, 0.2) is 0 Å². The maximum atomic E-state index is 9.83. The first kappa shape index (κ1) is 16.2. The van der Waals surface area contributed by atoms with Gasteiger partial charge in [-0.15, -0.1) is 0 Å². The fraction of sp³-hybridized carbons (Fsp3) is 1.00. The molecule has 4 nitrogen and oxygen atoms in total. The molecule has 0 saturated heterocycles. The van der Waals surface area contributed by atoms with Gasteiger partial charge in [0.15, 0.2) is 0 Å². The Morgan fingerprint density at radius 1 is 1.20 bits per heavy atom. The van der Waals surface area contributed by atoms with Crippen molar-refractivity contribution < 1.29 is 14.6 Å². The molecule has 2 saturated carbocycles. The van der Waals surface area contributed by atoms with Crippen molar-refractivity contribution in [3.8, 4) is 0 Å². The molecule has 0 bridgehead atoms. The Kier molecular flexibility index (Phi) is 6.75. The lowest BCUT2D eigenvalue weighted by Crippen LogP contribution is -2.35. The first-order valence-electron chi connectivity index (χ1n) is 8.31. The summed E-state index contributed by atoms with van der Waals surface area (Å²) in [4.78, 5) is 0. The van der Waals surface area contributed by atoms with Gasteiger partial charge in [0.2, 0.25) is 0 Å². The van der Waals surface area contributed by atoms with Crippen LogP contribution in [0, 0.1) is 11.3 Å². The maximum Gasteiger partial charge on any atom is 0.0897 e. The van der Waals surface area contributed by atoms with E-state index < -0.39 is 6.10 Å². The van der Waals surface area contributed by atoms with E-state index in [2.05, 4.69) is 12.2 Å². The number of hydrogen-bond acceptors (Lipinski definition) is 4. The van der Waals surface area contributed by atoms with Crippen molar-refractivity contribution in [2.45, 2.75) is 51.6 Å². The van der Waals surface area contributed by atoms with Crippen LogP contribution in [-0.2, 0) is 9.47 Å². The minimum absolute atomic E-state index is 0.402. The molecule has 0 aromatic carbocycles. The van der Waals surface area contributed by atoms with Crippen LogP contribution in [0.1, 0.15) is 45.4 Å². The average Bonchev–Trinajstić information content (AvgIpc) is 3.29. The number of aliphatic hydroxyl groups excluding tert-OH is 1. The number of hydrogen-bond donors (Lipinski definition) is 2. The molecule has 0 heterocycles. The Morgan fingerprint density at radius 3 is 2.60 bits per heavy atom. The molecule has 2 rings (SSSR count). The van der Waals surface area contributed by atoms with E-state index in [4.69, 9.17) is 9.47 Å². The molecule has 1 atom stereocenters. The van der Waals surface area contributed by atoms with Crippen molar-refractivity contribution in [3.63, 3.8) is 0 Å². The second kappa shape index (κ2) is 8.32. The fourth-order valence-corrected chi connectivity index (χ4v) is 2.82. The summed E-state index contributed by atoms with van der Waals surface area (Å²) in [6.45, 7) is 6.30. The number of unbranched alkanes of at least 4 members (excludes halogenated alkanes) is 1. The van der Waals surface area contributed by atoms with E-state index in [0.717, 1.165) is 31.9 Å². The monoisotopic (exact) mass is 285 g/mol. The van der Waals surface area contributed by atoms with Crippen LogP contribution < -0.4 is 5.32 Å². The number of nitrogens with one attached hydrogen (secondary N) is 1. The van der Waals surface area contributed by atoms with Gasteiger partial charge in [0.05, 0.1) is 25.9 Å². The van der Waals surface area contributed by atoms with E-state index in [0.29, 0.717) is 31.8 Å². The molecule has 1 unspecified atom stereocenters. The van der Waals surface area contributed by atoms with Gasteiger partial charge in [-0.1, -0.05) is 13.3 Å². The van der Waals surface area contributed by atoms with Gasteiger partial charge in [0.25, 0.3) is 0 Å². The number of aliphatic hydroxyl groups is 1. The molecular formula is C16H31NO3. The summed E-state index contributed by atoms with van der Waals surface area (Å²) in [6, 6.07) is 0. The summed E-state index contributed by atoms with van der Waals surface area (Å²) < 4.78 is 10.8. The van der Waals surface area contributed by atoms with Crippen LogP contribution in [0.4, 0.5) is 0 Å². The Morgan fingerprint density at radius 2 is 1.95 bits per heavy atom. The predicted octanol–water partition coefficient (Wildman–Crippen LogP) is 1.96. The standard InChI is InChI=1S/C16H31NO3/c1-2-3-8-19-9-10-20-12-15(18)11-17-13-16(6-7-16)14-4-5-14/h14-15,17-18H,2-13H2,1H3. The third-order valence-corrected chi connectivity index (χ3v) is 4.52. The lowest BCUT2D eigenvalue weighted by Gasteiger charge is -2.17. The summed E-state index contributed by atoms with van der Waals surface area (Å²) in [7, 11) is 0. The normalized spacial score (nSPS) is 21.9. The fourth-order valence-electron chi connectivity index (χ4n) is 2.82. The van der Waals surface area contributed by atoms with E-state index in [-0.39, 0.29) is 0 Å². The number of ether oxygens (including phenoxy) is 2. The molecular weight excluding hydrogens is 254 g/mol. The Hall–Kier alpha value is -0.160. The van der Waals surface area contributed by atoms with E-state index in [1.807, 2.05) is 0 Å². The maximum absolute atomic E-state index is 9.83. The van der Waals surface area contributed by atoms with Gasteiger partial charge in [-0.25, -0.2) is 0 Å². The van der Waals surface area contributed by atoms with Crippen LogP contribution >= 0.6 is 0 Å². The van der Waals surface area contributed by atoms with Crippen molar-refractivity contribution in [2.24, 2.45) is 11.3 Å². The van der Waals surface area contributed by atoms with Crippen LogP contribution in [-0.4, -0.2) is 50.7 Å². The van der Waals surface area contributed by atoms with Crippen molar-refractivity contribution in [1.82, 2.24) is 5.32 Å². The molecule has 0 aliphatic heterocycles. The number of rotatable bonds is 13. The zero-order chi connectivity index (χ0) is 14.3. The highest BCUT2D eigenvalue weighted by molar-refractivity contribution is 5.05. The first-order valence-corrected chi connectivity index (χ1v) is 8.31. The summed E-state index contributed by atoms with van der Waals surface area (Å²) in [6.07, 6.45) is 7.47. The Labute approximate surface area is 123 Å². The molecule has 2 N–H and O–H groups in total. The highest BCUT2D eigenvalue weighted by atomic mass is 16.5. The van der Waals surface area contributed by atoms with Crippen molar-refractivity contribution >= 4 is 0 Å². The van der Waals surface area contributed by atoms with Gasteiger partial charge in [-0.3, -0.25) is 0 Å². The predicted molar refractivity (Wildman–Crippen MR) is 79.8 cm³/mol. The molecule has 0 spiro atoms. The van der Waals surface area contributed by atoms with Crippen molar-refractivity contribution in [2.75, 3.05) is 39.5 Å². The molecule has 118 valence electrons. The summed E-state index contributed by atoms with van der Waals surface area (Å²) in [5, 5.41) is 13.2. The lowest BCUT2D eigenvalue weighted by atomic mass is 10.0. The average molecular weight is 285 g/mol. The third kappa shape index (κ3) is 5.68. The molecule has 0 radical (unpaired) electrons. The van der Waals surface area contributed by atoms with Gasteiger partial charge in [0.1, 0.15) is 0 Å². The SMILES string of the molecule is CCCCOCCOCC(O)CNCC1(C2CC2)CC1. The third-order valence-electron chi connectivity index (χ3n) is 4.52. The first-order chi connectivity index (χ1) is 9.77. The topological polar surface area (TPSA) is 50.7 Å². The zero-order valence-electron chi connectivity index (χ0n) is 12.9. The van der Waals surface area contributed by atoms with Gasteiger partial charge in [-0.2, -0.15) is 0 Å². The summed E-state index contributed by atoms with van der Waals surface area (Å²) in [5.41, 5.74) is 0.605. The van der Waals surface area contributed by atoms with Crippen molar-refractivity contribution in [1.29, 1.82) is 0 Å². The molecule has 20 heavy (non-hydrogen) atoms. The highest BCUT2D eigenvalue weighted by Gasteiger charge is 2.53. The van der Waals surface area contributed by atoms with E-state index >= 15 is 0 Å². The zero-order valence-corrected chi connectivity index (χ0v) is 12.9. The molecule has 0 amide bonds. The van der Waals surface area contributed by atoms with E-state index in [9.17, 15) is 5.11 Å². The van der Waals surface area contributed by atoms with E-state index in [1.54, 1.807) is 0 Å². The molecule has 2 fully saturated rings. The molecule has 2 aliphatic carbocycles. The van der Waals surface area contributed by atoms with Crippen LogP contribution in [0.5, 0.6) is 0 Å². The summed E-state index contributed by atoms with van der Waals surface area (Å²) >= 11 is 0. The van der Waals surface area contributed by atoms with E-state index in [1.165, 1.54) is 25.7 Å². The van der Waals surface area contributed by atoms with Crippen LogP contribution in [0.2, 0.25) is 0 Å². The van der Waals surface area contributed by atoms with Gasteiger partial charge in [0, 0.05) is 19.7 Å². The highest BCUT2D eigenvalue weighted by Crippen LogP contribution is 2.60. The Balaban J connectivity index is 1.38. The molecule has 0 aromatic heterocycles. The second-order valence-electron chi connectivity index (χ2n) is 6.46. The lowest BCUT2D eigenvalue weighted by molar-refractivity contribution is 0.00359. The molecule has 0 aromatic rings. The van der Waals surface area contributed by atoms with Crippen molar-refractivity contribution in [3.05, 3.63) is 0 Å². The van der Waals surface area contributed by atoms with Crippen LogP contribution in [0.25, 0.3) is 0 Å². The quantitative estimate of drug-likeness (QED) is 0.508. The minimum Gasteiger partial charge on any atom is -0.389 e. The Bertz CT molecular complexity index is 264. The van der Waals surface area contributed by atoms with Gasteiger partial charge >= 0.3 is 0 Å². The van der Waals surface area contributed by atoms with Gasteiger partial charge < -0.3 is 19.9 Å². The second-order valence-corrected chi connectivity index (χ2v) is 6.46.